The largest absolute Gasteiger partial charge is 0.303 e. The number of rotatable bonds is 4. The van der Waals surface area contributed by atoms with Gasteiger partial charge in [0, 0.05) is 18.1 Å². The van der Waals surface area contributed by atoms with Gasteiger partial charge in [-0.15, -0.1) is 6.42 Å². The number of fused-ring (bicyclic) bond motifs is 1. The topological polar surface area (TPSA) is 71.7 Å². The van der Waals surface area contributed by atoms with Crippen LogP contribution in [-0.2, 0) is 21.4 Å². The van der Waals surface area contributed by atoms with Gasteiger partial charge in [0.15, 0.2) is 4.80 Å². The summed E-state index contributed by atoms with van der Waals surface area (Å²) < 4.78 is 29.8. The quantitative estimate of drug-likeness (QED) is 0.444. The number of benzene rings is 2. The fraction of sp³-hybridized carbons (Fsp3) is 0.273. The number of carbonyl (C=O) groups is 1. The normalized spacial score (nSPS) is 17.9. The Hall–Kier alpha value is -1.86. The van der Waals surface area contributed by atoms with E-state index in [0.29, 0.717) is 49.5 Å². The molecule has 2 heterocycles. The van der Waals surface area contributed by atoms with E-state index in [0.717, 1.165) is 0 Å². The zero-order valence-corrected chi connectivity index (χ0v) is 21.1. The van der Waals surface area contributed by atoms with Crippen LogP contribution in [0.25, 0.3) is 10.2 Å². The van der Waals surface area contributed by atoms with Crippen molar-refractivity contribution in [1.29, 1.82) is 0 Å². The average molecular weight is 543 g/mol. The number of hydrogen-bond acceptors (Lipinski definition) is 4. The van der Waals surface area contributed by atoms with Crippen molar-refractivity contribution in [1.82, 2.24) is 8.87 Å². The highest BCUT2D eigenvalue weighted by Crippen LogP contribution is 2.32. The molecule has 0 N–H and O–H groups in total. The summed E-state index contributed by atoms with van der Waals surface area (Å²) in [5.74, 6) is 1.57. The van der Waals surface area contributed by atoms with Gasteiger partial charge in [0.1, 0.15) is 0 Å². The molecule has 0 radical (unpaired) electrons. The lowest BCUT2D eigenvalue weighted by molar-refractivity contribution is -0.122. The molecule has 0 aliphatic carbocycles. The maximum absolute atomic E-state index is 13.1. The summed E-state index contributed by atoms with van der Waals surface area (Å²) in [6, 6.07) is 9.31. The Balaban J connectivity index is 1.66. The lowest BCUT2D eigenvalue weighted by Gasteiger charge is -2.30. The highest BCUT2D eigenvalue weighted by molar-refractivity contribution is 7.89. The van der Waals surface area contributed by atoms with E-state index in [1.807, 2.05) is 0 Å². The van der Waals surface area contributed by atoms with Crippen molar-refractivity contribution in [3.8, 4) is 12.3 Å². The first-order valence-corrected chi connectivity index (χ1v) is 13.4. The van der Waals surface area contributed by atoms with Crippen LogP contribution in [0.2, 0.25) is 15.1 Å². The zero-order chi connectivity index (χ0) is 23.8. The van der Waals surface area contributed by atoms with E-state index < -0.39 is 21.8 Å². The van der Waals surface area contributed by atoms with Gasteiger partial charge in [-0.1, -0.05) is 52.1 Å². The Kier molecular flexibility index (Phi) is 7.20. The van der Waals surface area contributed by atoms with Crippen molar-refractivity contribution < 1.29 is 13.2 Å². The fourth-order valence-electron chi connectivity index (χ4n) is 3.74. The summed E-state index contributed by atoms with van der Waals surface area (Å²) in [6.07, 6.45) is 6.61. The van der Waals surface area contributed by atoms with Gasteiger partial charge in [-0.3, -0.25) is 4.79 Å². The van der Waals surface area contributed by atoms with Gasteiger partial charge in [-0.05, 0) is 49.2 Å². The van der Waals surface area contributed by atoms with Gasteiger partial charge in [-0.25, -0.2) is 8.42 Å². The van der Waals surface area contributed by atoms with E-state index in [1.165, 1.54) is 39.9 Å². The monoisotopic (exact) mass is 541 g/mol. The molecule has 0 spiro atoms. The lowest BCUT2D eigenvalue weighted by atomic mass is 9.99. The van der Waals surface area contributed by atoms with E-state index >= 15 is 0 Å². The number of piperidine rings is 1. The number of thiazole rings is 1. The number of hydrogen-bond donors (Lipinski definition) is 0. The second-order valence-corrected chi connectivity index (χ2v) is 11.7. The molecule has 1 aliphatic rings. The van der Waals surface area contributed by atoms with Crippen LogP contribution in [0.15, 0.2) is 46.3 Å². The SMILES string of the molecule is C#CCn1c(=NC(=O)C2CCCN(S(=O)(=O)c3ccc(Cl)cc3)C2)sc2c(Cl)ccc(Cl)c21. The van der Waals surface area contributed by atoms with Crippen LogP contribution in [0.3, 0.4) is 0 Å². The van der Waals surface area contributed by atoms with Crippen LogP contribution < -0.4 is 4.80 Å². The molecule has 11 heteroatoms. The highest BCUT2D eigenvalue weighted by Gasteiger charge is 2.33. The molecule has 1 unspecified atom stereocenters. The third-order valence-corrected chi connectivity index (χ3v) is 9.34. The first kappa shape index (κ1) is 24.3. The average Bonchev–Trinajstić information content (AvgIpc) is 3.16. The van der Waals surface area contributed by atoms with Crippen molar-refractivity contribution in [3.63, 3.8) is 0 Å². The number of sulfonamides is 1. The van der Waals surface area contributed by atoms with Gasteiger partial charge < -0.3 is 4.57 Å². The third kappa shape index (κ3) is 4.85. The van der Waals surface area contributed by atoms with Gasteiger partial charge in [0.25, 0.3) is 5.91 Å². The minimum Gasteiger partial charge on any atom is -0.303 e. The molecule has 2 aromatic carbocycles. The molecule has 1 saturated heterocycles. The van der Waals surface area contributed by atoms with Crippen molar-refractivity contribution in [3.05, 3.63) is 56.3 Å². The lowest BCUT2D eigenvalue weighted by Crippen LogP contribution is -2.42. The van der Waals surface area contributed by atoms with E-state index in [1.54, 1.807) is 16.7 Å². The predicted molar refractivity (Wildman–Crippen MR) is 132 cm³/mol. The van der Waals surface area contributed by atoms with Crippen molar-refractivity contribution in [2.45, 2.75) is 24.3 Å². The summed E-state index contributed by atoms with van der Waals surface area (Å²) in [7, 11) is -3.75. The summed E-state index contributed by atoms with van der Waals surface area (Å²) in [5.41, 5.74) is 0.620. The number of terminal acetylenes is 1. The smallest absolute Gasteiger partial charge is 0.252 e. The maximum atomic E-state index is 13.1. The Morgan fingerprint density at radius 3 is 2.55 bits per heavy atom. The molecule has 4 rings (SSSR count). The molecule has 3 aromatic rings. The minimum atomic E-state index is -3.75. The fourth-order valence-corrected chi connectivity index (χ4v) is 7.04. The molecular formula is C22H18Cl3N3O3S2. The molecule has 1 fully saturated rings. The van der Waals surface area contributed by atoms with Crippen LogP contribution in [-0.4, -0.2) is 36.3 Å². The van der Waals surface area contributed by atoms with Gasteiger partial charge >= 0.3 is 0 Å². The van der Waals surface area contributed by atoms with Crippen LogP contribution >= 0.6 is 46.1 Å². The molecule has 1 aliphatic heterocycles. The van der Waals surface area contributed by atoms with Gasteiger partial charge in [0.05, 0.1) is 37.6 Å². The molecule has 0 bridgehead atoms. The summed E-state index contributed by atoms with van der Waals surface area (Å²) >= 11 is 19.8. The van der Waals surface area contributed by atoms with Crippen LogP contribution in [0, 0.1) is 18.3 Å². The van der Waals surface area contributed by atoms with Crippen molar-refractivity contribution in [2.75, 3.05) is 13.1 Å². The zero-order valence-electron chi connectivity index (χ0n) is 17.2. The number of aromatic nitrogens is 1. The molecule has 6 nitrogen and oxygen atoms in total. The first-order valence-electron chi connectivity index (χ1n) is 9.97. The van der Waals surface area contributed by atoms with Crippen molar-refractivity contribution in [2.24, 2.45) is 10.9 Å². The van der Waals surface area contributed by atoms with Crippen LogP contribution in [0.4, 0.5) is 0 Å². The Morgan fingerprint density at radius 2 is 1.85 bits per heavy atom. The molecule has 172 valence electrons. The molecule has 1 atom stereocenters. The second kappa shape index (κ2) is 9.79. The Bertz CT molecular complexity index is 1440. The van der Waals surface area contributed by atoms with E-state index in [4.69, 9.17) is 41.2 Å². The minimum absolute atomic E-state index is 0.0504. The number of amides is 1. The molecule has 33 heavy (non-hydrogen) atoms. The van der Waals surface area contributed by atoms with Gasteiger partial charge in [-0.2, -0.15) is 9.30 Å². The predicted octanol–water partition coefficient (Wildman–Crippen LogP) is 4.82. The second-order valence-electron chi connectivity index (χ2n) is 7.49. The van der Waals surface area contributed by atoms with E-state index in [-0.39, 0.29) is 18.0 Å². The van der Waals surface area contributed by atoms with Crippen LogP contribution in [0.5, 0.6) is 0 Å². The van der Waals surface area contributed by atoms with Crippen molar-refractivity contribution >= 4 is 72.3 Å². The Morgan fingerprint density at radius 1 is 1.15 bits per heavy atom. The molecular weight excluding hydrogens is 525 g/mol. The number of carbonyl (C=O) groups excluding carboxylic acids is 1. The molecule has 0 saturated carbocycles. The van der Waals surface area contributed by atoms with E-state index in [9.17, 15) is 13.2 Å². The first-order chi connectivity index (χ1) is 15.7. The number of nitrogens with zero attached hydrogens (tertiary/aromatic N) is 3. The van der Waals surface area contributed by atoms with Gasteiger partial charge in [0.2, 0.25) is 10.0 Å². The van der Waals surface area contributed by atoms with Crippen LogP contribution in [0.1, 0.15) is 12.8 Å². The molecule has 1 amide bonds. The Labute approximate surface area is 210 Å². The maximum Gasteiger partial charge on any atom is 0.252 e. The third-order valence-electron chi connectivity index (χ3n) is 5.37. The summed E-state index contributed by atoms with van der Waals surface area (Å²) in [5, 5.41) is 1.38. The molecule has 1 aromatic heterocycles. The number of halogens is 3. The summed E-state index contributed by atoms with van der Waals surface area (Å²) in [4.78, 5) is 17.9. The standard InChI is InChI=1S/C22H18Cl3N3O3S2/c1-2-11-28-19-17(24)9-10-18(25)20(19)32-22(28)26-21(29)14-4-3-12-27(13-14)33(30,31)16-7-5-15(23)6-8-16/h1,5-10,14H,3-4,11-13H2. The van der Waals surface area contributed by atoms with E-state index in [2.05, 4.69) is 10.9 Å². The summed E-state index contributed by atoms with van der Waals surface area (Å²) in [6.45, 7) is 0.544. The highest BCUT2D eigenvalue weighted by atomic mass is 35.5.